The minimum atomic E-state index is -0.253. The summed E-state index contributed by atoms with van der Waals surface area (Å²) >= 11 is 0. The van der Waals surface area contributed by atoms with Gasteiger partial charge in [-0.1, -0.05) is 25.0 Å². The van der Waals surface area contributed by atoms with Gasteiger partial charge in [0, 0.05) is 32.2 Å². The van der Waals surface area contributed by atoms with E-state index in [4.69, 9.17) is 0 Å². The molecule has 1 aromatic rings. The highest BCUT2D eigenvalue weighted by Gasteiger charge is 2.27. The zero-order chi connectivity index (χ0) is 14.7. The van der Waals surface area contributed by atoms with Crippen LogP contribution in [-0.2, 0) is 11.2 Å². The van der Waals surface area contributed by atoms with Crippen molar-refractivity contribution in [2.24, 2.45) is 0 Å². The van der Waals surface area contributed by atoms with Crippen LogP contribution in [-0.4, -0.2) is 47.9 Å². The molecule has 1 saturated heterocycles. The molecule has 1 amide bonds. The lowest BCUT2D eigenvalue weighted by Crippen LogP contribution is -2.51. The molecule has 0 atom stereocenters. The average Bonchev–Trinajstić information content (AvgIpc) is 3.04. The molecule has 3 nitrogen and oxygen atoms in total. The number of amides is 1. The summed E-state index contributed by atoms with van der Waals surface area (Å²) in [5, 5.41) is 0. The number of carbonyl (C=O) groups excluding carboxylic acids is 1. The Kier molecular flexibility index (Phi) is 4.54. The van der Waals surface area contributed by atoms with Crippen LogP contribution in [0.2, 0.25) is 0 Å². The monoisotopic (exact) mass is 290 g/mol. The highest BCUT2D eigenvalue weighted by Crippen LogP contribution is 2.24. The second kappa shape index (κ2) is 6.56. The Morgan fingerprint density at radius 1 is 1.05 bits per heavy atom. The van der Waals surface area contributed by atoms with E-state index in [-0.39, 0.29) is 11.7 Å². The molecular weight excluding hydrogens is 267 g/mol. The molecule has 1 saturated carbocycles. The zero-order valence-corrected chi connectivity index (χ0v) is 12.4. The predicted molar refractivity (Wildman–Crippen MR) is 80.5 cm³/mol. The topological polar surface area (TPSA) is 23.6 Å². The fourth-order valence-corrected chi connectivity index (χ4v) is 3.49. The number of hydrogen-bond donors (Lipinski definition) is 0. The van der Waals surface area contributed by atoms with E-state index in [1.165, 1.54) is 37.8 Å². The Morgan fingerprint density at radius 2 is 1.67 bits per heavy atom. The minimum absolute atomic E-state index is 0.160. The number of nitrogens with zero attached hydrogens (tertiary/aromatic N) is 2. The number of carbonyl (C=O) groups is 1. The van der Waals surface area contributed by atoms with Gasteiger partial charge in [-0.3, -0.25) is 9.69 Å². The summed E-state index contributed by atoms with van der Waals surface area (Å²) in [5.41, 5.74) is 0.889. The predicted octanol–water partition coefficient (Wildman–Crippen LogP) is 2.46. The number of piperazine rings is 1. The van der Waals surface area contributed by atoms with Crippen LogP contribution in [0.25, 0.3) is 0 Å². The van der Waals surface area contributed by atoms with E-state index in [9.17, 15) is 9.18 Å². The highest BCUT2D eigenvalue weighted by molar-refractivity contribution is 5.78. The summed E-state index contributed by atoms with van der Waals surface area (Å²) in [4.78, 5) is 16.8. The second-order valence-corrected chi connectivity index (χ2v) is 6.16. The molecule has 21 heavy (non-hydrogen) atoms. The molecule has 0 aromatic heterocycles. The summed E-state index contributed by atoms with van der Waals surface area (Å²) < 4.78 is 12.9. The Labute approximate surface area is 125 Å². The van der Waals surface area contributed by atoms with Crippen molar-refractivity contribution in [1.82, 2.24) is 9.80 Å². The Bertz CT molecular complexity index is 474. The first-order valence-electron chi connectivity index (χ1n) is 7.98. The number of rotatable bonds is 3. The van der Waals surface area contributed by atoms with Gasteiger partial charge in [0.05, 0.1) is 6.42 Å². The molecule has 1 heterocycles. The first kappa shape index (κ1) is 14.5. The van der Waals surface area contributed by atoms with Gasteiger partial charge in [-0.2, -0.15) is 0 Å². The van der Waals surface area contributed by atoms with Crippen molar-refractivity contribution < 1.29 is 9.18 Å². The molecule has 0 spiro atoms. The van der Waals surface area contributed by atoms with Crippen LogP contribution in [0.3, 0.4) is 0 Å². The van der Waals surface area contributed by atoms with E-state index in [0.29, 0.717) is 6.42 Å². The van der Waals surface area contributed by atoms with Crippen molar-refractivity contribution >= 4 is 5.91 Å². The smallest absolute Gasteiger partial charge is 0.227 e. The van der Waals surface area contributed by atoms with E-state index in [1.807, 2.05) is 4.90 Å². The van der Waals surface area contributed by atoms with Crippen molar-refractivity contribution in [3.63, 3.8) is 0 Å². The Hall–Kier alpha value is -1.42. The highest BCUT2D eigenvalue weighted by atomic mass is 19.1. The molecule has 2 fully saturated rings. The standard InChI is InChI=1S/C17H23FN2O/c18-15-7-5-14(6-8-15)13-17(21)20-11-9-19(10-12-20)16-3-1-2-4-16/h5-8,16H,1-4,9-13H2. The summed E-state index contributed by atoms with van der Waals surface area (Å²) in [6.07, 6.45) is 5.74. The van der Waals surface area contributed by atoms with Crippen LogP contribution in [0.4, 0.5) is 4.39 Å². The second-order valence-electron chi connectivity index (χ2n) is 6.16. The van der Waals surface area contributed by atoms with Crippen LogP contribution >= 0.6 is 0 Å². The van der Waals surface area contributed by atoms with Crippen molar-refractivity contribution in [2.75, 3.05) is 26.2 Å². The van der Waals surface area contributed by atoms with E-state index < -0.39 is 0 Å². The minimum Gasteiger partial charge on any atom is -0.340 e. The maximum Gasteiger partial charge on any atom is 0.227 e. The first-order chi connectivity index (χ1) is 10.2. The lowest BCUT2D eigenvalue weighted by molar-refractivity contribution is -0.132. The molecule has 4 heteroatoms. The maximum absolute atomic E-state index is 12.9. The van der Waals surface area contributed by atoms with Gasteiger partial charge in [0.1, 0.15) is 5.82 Å². The van der Waals surface area contributed by atoms with E-state index in [2.05, 4.69) is 4.90 Å². The van der Waals surface area contributed by atoms with Crippen molar-refractivity contribution in [3.05, 3.63) is 35.6 Å². The third-order valence-electron chi connectivity index (χ3n) is 4.78. The average molecular weight is 290 g/mol. The maximum atomic E-state index is 12.9. The molecule has 1 aromatic carbocycles. The molecule has 0 unspecified atom stereocenters. The van der Waals surface area contributed by atoms with Crippen LogP contribution in [0.5, 0.6) is 0 Å². The fourth-order valence-electron chi connectivity index (χ4n) is 3.49. The normalized spacial score (nSPS) is 20.9. The van der Waals surface area contributed by atoms with Gasteiger partial charge >= 0.3 is 0 Å². The van der Waals surface area contributed by atoms with E-state index >= 15 is 0 Å². The van der Waals surface area contributed by atoms with Crippen molar-refractivity contribution in [1.29, 1.82) is 0 Å². The lowest BCUT2D eigenvalue weighted by atomic mass is 10.1. The molecule has 114 valence electrons. The summed E-state index contributed by atoms with van der Waals surface area (Å²) in [7, 11) is 0. The fraction of sp³-hybridized carbons (Fsp3) is 0.588. The number of hydrogen-bond acceptors (Lipinski definition) is 2. The van der Waals surface area contributed by atoms with Gasteiger partial charge in [0.2, 0.25) is 5.91 Å². The number of halogens is 1. The van der Waals surface area contributed by atoms with E-state index in [1.54, 1.807) is 12.1 Å². The van der Waals surface area contributed by atoms with Crippen molar-refractivity contribution in [2.45, 2.75) is 38.1 Å². The van der Waals surface area contributed by atoms with Crippen LogP contribution in [0.1, 0.15) is 31.2 Å². The molecule has 0 radical (unpaired) electrons. The molecule has 2 aliphatic rings. The molecule has 1 aliphatic heterocycles. The lowest BCUT2D eigenvalue weighted by Gasteiger charge is -2.38. The summed E-state index contributed by atoms with van der Waals surface area (Å²) in [6.45, 7) is 3.66. The van der Waals surface area contributed by atoms with Gasteiger partial charge in [-0.25, -0.2) is 4.39 Å². The zero-order valence-electron chi connectivity index (χ0n) is 12.4. The molecular formula is C17H23FN2O. The van der Waals surface area contributed by atoms with Crippen LogP contribution in [0, 0.1) is 5.82 Å². The quantitative estimate of drug-likeness (QED) is 0.854. The molecule has 0 bridgehead atoms. The number of benzene rings is 1. The van der Waals surface area contributed by atoms with Crippen LogP contribution < -0.4 is 0 Å². The van der Waals surface area contributed by atoms with E-state index in [0.717, 1.165) is 37.8 Å². The summed E-state index contributed by atoms with van der Waals surface area (Å²) in [5.74, 6) is -0.0935. The van der Waals surface area contributed by atoms with Gasteiger partial charge in [-0.15, -0.1) is 0 Å². The Morgan fingerprint density at radius 3 is 2.29 bits per heavy atom. The Balaban J connectivity index is 1.49. The third kappa shape index (κ3) is 3.62. The largest absolute Gasteiger partial charge is 0.340 e. The van der Waals surface area contributed by atoms with Crippen molar-refractivity contribution in [3.8, 4) is 0 Å². The molecule has 1 aliphatic carbocycles. The molecule has 0 N–H and O–H groups in total. The van der Waals surface area contributed by atoms with Gasteiger partial charge < -0.3 is 4.90 Å². The van der Waals surface area contributed by atoms with Crippen LogP contribution in [0.15, 0.2) is 24.3 Å². The van der Waals surface area contributed by atoms with Gasteiger partial charge in [-0.05, 0) is 30.5 Å². The third-order valence-corrected chi connectivity index (χ3v) is 4.78. The summed E-state index contributed by atoms with van der Waals surface area (Å²) in [6, 6.07) is 6.98. The SMILES string of the molecule is O=C(Cc1ccc(F)cc1)N1CCN(C2CCCC2)CC1. The first-order valence-corrected chi connectivity index (χ1v) is 7.98. The van der Waals surface area contributed by atoms with Gasteiger partial charge in [0.15, 0.2) is 0 Å². The molecule has 3 rings (SSSR count). The van der Waals surface area contributed by atoms with Gasteiger partial charge in [0.25, 0.3) is 0 Å².